The molecule has 0 saturated carbocycles. The van der Waals surface area contributed by atoms with Gasteiger partial charge in [-0.05, 0) is 23.6 Å². The van der Waals surface area contributed by atoms with Crippen molar-refractivity contribution < 1.29 is 0 Å². The van der Waals surface area contributed by atoms with Gasteiger partial charge in [0.15, 0.2) is 0 Å². The summed E-state index contributed by atoms with van der Waals surface area (Å²) in [6.45, 7) is 6.78. The normalized spacial score (nSPS) is 15.3. The maximum absolute atomic E-state index is 4.50. The van der Waals surface area contributed by atoms with Crippen LogP contribution in [-0.4, -0.2) is 4.98 Å². The van der Waals surface area contributed by atoms with Crippen molar-refractivity contribution in [1.29, 1.82) is 0 Å². The number of rotatable bonds is 2. The molecule has 0 bridgehead atoms. The zero-order chi connectivity index (χ0) is 13.5. The van der Waals surface area contributed by atoms with Gasteiger partial charge in [-0.3, -0.25) is 0 Å². The van der Waals surface area contributed by atoms with Crippen LogP contribution in [0.15, 0.2) is 36.5 Å². The van der Waals surface area contributed by atoms with Gasteiger partial charge < -0.3 is 5.32 Å². The van der Waals surface area contributed by atoms with Crippen molar-refractivity contribution in [3.05, 3.63) is 53.2 Å². The number of para-hydroxylation sites is 1. The Morgan fingerprint density at radius 1 is 1.11 bits per heavy atom. The highest BCUT2D eigenvalue weighted by atomic mass is 15.0. The minimum atomic E-state index is 0.00787. The van der Waals surface area contributed by atoms with Gasteiger partial charge in [-0.25, -0.2) is 4.98 Å². The van der Waals surface area contributed by atoms with Crippen LogP contribution in [0.2, 0.25) is 0 Å². The van der Waals surface area contributed by atoms with E-state index in [0.29, 0.717) is 0 Å². The second-order valence-corrected chi connectivity index (χ2v) is 5.74. The number of fused-ring (bicyclic) bond motifs is 2. The SMILES string of the molecule is CCCc1cccc2c1Nc1ncccc1C2(C)C. The minimum Gasteiger partial charge on any atom is -0.340 e. The summed E-state index contributed by atoms with van der Waals surface area (Å²) in [5.41, 5.74) is 5.31. The van der Waals surface area contributed by atoms with Gasteiger partial charge in [0, 0.05) is 22.9 Å². The number of nitrogens with zero attached hydrogens (tertiary/aromatic N) is 1. The number of aromatic nitrogens is 1. The predicted molar refractivity (Wildman–Crippen MR) is 80.1 cm³/mol. The highest BCUT2D eigenvalue weighted by molar-refractivity contribution is 5.75. The third-order valence-electron chi connectivity index (χ3n) is 4.07. The van der Waals surface area contributed by atoms with Crippen molar-refractivity contribution in [1.82, 2.24) is 4.98 Å². The molecule has 3 rings (SSSR count). The van der Waals surface area contributed by atoms with E-state index in [1.165, 1.54) is 22.4 Å². The van der Waals surface area contributed by atoms with Crippen LogP contribution in [-0.2, 0) is 11.8 Å². The molecule has 1 aliphatic heterocycles. The van der Waals surface area contributed by atoms with Crippen molar-refractivity contribution in [3.8, 4) is 0 Å². The van der Waals surface area contributed by atoms with Crippen molar-refractivity contribution in [2.75, 3.05) is 5.32 Å². The Hall–Kier alpha value is -1.83. The summed E-state index contributed by atoms with van der Waals surface area (Å²) in [5, 5.41) is 3.54. The van der Waals surface area contributed by atoms with Crippen LogP contribution in [0, 0.1) is 0 Å². The van der Waals surface area contributed by atoms with Crippen LogP contribution < -0.4 is 5.32 Å². The standard InChI is InChI=1S/C17H20N2/c1-4-7-12-8-5-9-13-15(12)19-16-14(17(13,2)3)10-6-11-18-16/h5-6,8-11H,4,7H2,1-3H3,(H,18,19). The molecule has 0 atom stereocenters. The summed E-state index contributed by atoms with van der Waals surface area (Å²) in [4.78, 5) is 4.50. The summed E-state index contributed by atoms with van der Waals surface area (Å²) in [6, 6.07) is 10.8. The fraction of sp³-hybridized carbons (Fsp3) is 0.353. The lowest BCUT2D eigenvalue weighted by Gasteiger charge is -2.35. The van der Waals surface area contributed by atoms with E-state index in [0.717, 1.165) is 18.7 Å². The van der Waals surface area contributed by atoms with Gasteiger partial charge in [-0.2, -0.15) is 0 Å². The Morgan fingerprint density at radius 3 is 2.68 bits per heavy atom. The number of hydrogen-bond acceptors (Lipinski definition) is 2. The van der Waals surface area contributed by atoms with Gasteiger partial charge in [0.25, 0.3) is 0 Å². The van der Waals surface area contributed by atoms with E-state index in [1.54, 1.807) is 0 Å². The van der Waals surface area contributed by atoms with E-state index in [-0.39, 0.29) is 5.41 Å². The number of nitrogens with one attached hydrogen (secondary N) is 1. The molecule has 0 aliphatic carbocycles. The number of pyridine rings is 1. The molecule has 0 spiro atoms. The molecule has 98 valence electrons. The second-order valence-electron chi connectivity index (χ2n) is 5.74. The van der Waals surface area contributed by atoms with Crippen LogP contribution in [0.3, 0.4) is 0 Å². The summed E-state index contributed by atoms with van der Waals surface area (Å²) in [5.74, 6) is 1.00. The lowest BCUT2D eigenvalue weighted by atomic mass is 9.74. The lowest BCUT2D eigenvalue weighted by molar-refractivity contribution is 0.632. The van der Waals surface area contributed by atoms with Gasteiger partial charge in [0.1, 0.15) is 5.82 Å². The first-order valence-electron chi connectivity index (χ1n) is 6.99. The van der Waals surface area contributed by atoms with Gasteiger partial charge in [-0.1, -0.05) is 51.5 Å². The average Bonchev–Trinajstić information content (AvgIpc) is 2.40. The Bertz CT molecular complexity index is 614. The van der Waals surface area contributed by atoms with E-state index >= 15 is 0 Å². The maximum Gasteiger partial charge on any atom is 0.134 e. The molecular formula is C17H20N2. The maximum atomic E-state index is 4.50. The van der Waals surface area contributed by atoms with Gasteiger partial charge in [0.05, 0.1) is 0 Å². The average molecular weight is 252 g/mol. The van der Waals surface area contributed by atoms with E-state index in [9.17, 15) is 0 Å². The van der Waals surface area contributed by atoms with E-state index < -0.39 is 0 Å². The first kappa shape index (κ1) is 12.2. The number of anilines is 2. The molecule has 2 nitrogen and oxygen atoms in total. The van der Waals surface area contributed by atoms with Gasteiger partial charge >= 0.3 is 0 Å². The first-order chi connectivity index (χ1) is 9.14. The molecule has 19 heavy (non-hydrogen) atoms. The smallest absolute Gasteiger partial charge is 0.134 e. The number of hydrogen-bond donors (Lipinski definition) is 1. The molecule has 2 heteroatoms. The predicted octanol–water partition coefficient (Wildman–Crippen LogP) is 4.42. The van der Waals surface area contributed by atoms with Crippen LogP contribution in [0.1, 0.15) is 43.9 Å². The zero-order valence-electron chi connectivity index (χ0n) is 11.8. The van der Waals surface area contributed by atoms with E-state index in [4.69, 9.17) is 0 Å². The Balaban J connectivity index is 2.21. The topological polar surface area (TPSA) is 24.9 Å². The van der Waals surface area contributed by atoms with E-state index in [1.807, 2.05) is 12.3 Å². The molecule has 1 N–H and O–H groups in total. The molecule has 0 unspecified atom stereocenters. The van der Waals surface area contributed by atoms with Crippen LogP contribution in [0.4, 0.5) is 11.5 Å². The molecule has 2 heterocycles. The fourth-order valence-electron chi connectivity index (χ4n) is 3.02. The molecule has 0 amide bonds. The zero-order valence-corrected chi connectivity index (χ0v) is 11.8. The Morgan fingerprint density at radius 2 is 1.89 bits per heavy atom. The Labute approximate surface area is 114 Å². The molecule has 0 saturated heterocycles. The summed E-state index contributed by atoms with van der Waals surface area (Å²) in [7, 11) is 0. The monoisotopic (exact) mass is 252 g/mol. The summed E-state index contributed by atoms with van der Waals surface area (Å²) < 4.78 is 0. The fourth-order valence-corrected chi connectivity index (χ4v) is 3.02. The second kappa shape index (κ2) is 4.37. The largest absolute Gasteiger partial charge is 0.340 e. The molecule has 2 aromatic rings. The minimum absolute atomic E-state index is 0.00787. The van der Waals surface area contributed by atoms with Gasteiger partial charge in [-0.15, -0.1) is 0 Å². The van der Waals surface area contributed by atoms with Crippen molar-refractivity contribution in [3.63, 3.8) is 0 Å². The quantitative estimate of drug-likeness (QED) is 0.856. The molecule has 1 aromatic carbocycles. The van der Waals surface area contributed by atoms with Crippen LogP contribution in [0.25, 0.3) is 0 Å². The molecule has 0 fully saturated rings. The van der Waals surface area contributed by atoms with Crippen molar-refractivity contribution in [2.45, 2.75) is 39.0 Å². The highest BCUT2D eigenvalue weighted by Crippen LogP contribution is 2.45. The van der Waals surface area contributed by atoms with Crippen molar-refractivity contribution >= 4 is 11.5 Å². The molecule has 1 aromatic heterocycles. The molecular weight excluding hydrogens is 232 g/mol. The van der Waals surface area contributed by atoms with Crippen LogP contribution >= 0.6 is 0 Å². The van der Waals surface area contributed by atoms with Crippen LogP contribution in [0.5, 0.6) is 0 Å². The number of aryl methyl sites for hydroxylation is 1. The Kier molecular flexibility index (Phi) is 2.81. The van der Waals surface area contributed by atoms with Crippen molar-refractivity contribution in [2.24, 2.45) is 0 Å². The molecule has 1 aliphatic rings. The summed E-state index contributed by atoms with van der Waals surface area (Å²) in [6.07, 6.45) is 4.12. The first-order valence-corrected chi connectivity index (χ1v) is 6.99. The molecule has 0 radical (unpaired) electrons. The highest BCUT2D eigenvalue weighted by Gasteiger charge is 2.33. The summed E-state index contributed by atoms with van der Waals surface area (Å²) >= 11 is 0. The number of benzene rings is 1. The third-order valence-corrected chi connectivity index (χ3v) is 4.07. The third kappa shape index (κ3) is 1.83. The van der Waals surface area contributed by atoms with E-state index in [2.05, 4.69) is 55.3 Å². The van der Waals surface area contributed by atoms with Gasteiger partial charge in [0.2, 0.25) is 0 Å². The lowest BCUT2D eigenvalue weighted by Crippen LogP contribution is -2.27.